The van der Waals surface area contributed by atoms with E-state index in [2.05, 4.69) is 51.7 Å². The molecule has 2 saturated heterocycles. The van der Waals surface area contributed by atoms with E-state index in [-0.39, 0.29) is 0 Å². The first kappa shape index (κ1) is 18.6. The predicted octanol–water partition coefficient (Wildman–Crippen LogP) is 2.40. The van der Waals surface area contributed by atoms with Crippen molar-refractivity contribution in [2.45, 2.75) is 58.7 Å². The quantitative estimate of drug-likeness (QED) is 0.803. The Balaban J connectivity index is 1.33. The number of ether oxygens (including phenoxy) is 1. The normalized spacial score (nSPS) is 25.4. The van der Waals surface area contributed by atoms with Gasteiger partial charge in [-0.1, -0.05) is 6.92 Å². The van der Waals surface area contributed by atoms with Gasteiger partial charge in [-0.15, -0.1) is 0 Å². The maximum absolute atomic E-state index is 5.85. The number of hydrogen-bond acceptors (Lipinski definition) is 6. The Morgan fingerprint density at radius 1 is 1.15 bits per heavy atom. The van der Waals surface area contributed by atoms with Crippen molar-refractivity contribution in [1.29, 1.82) is 0 Å². The second kappa shape index (κ2) is 8.10. The largest absolute Gasteiger partial charge is 0.373 e. The van der Waals surface area contributed by atoms with Gasteiger partial charge in [0.15, 0.2) is 0 Å². The average Bonchev–Trinajstić information content (AvgIpc) is 3.14. The number of nitrogens with zero attached hydrogens (tertiary/aromatic N) is 6. The number of hydrogen-bond donors (Lipinski definition) is 0. The maximum Gasteiger partial charge on any atom is 0.254 e. The molecule has 0 amide bonds. The standard InChI is InChI=1S/C20H32N6O/c1-4-18-11-19(26-20(23-18)21-14-22-26)25-9-6-17(7-10-25)5-8-24-12-15(2)27-16(3)13-24/h11,14-17H,4-10,12-13H2,1-3H3. The van der Waals surface area contributed by atoms with Crippen LogP contribution >= 0.6 is 0 Å². The van der Waals surface area contributed by atoms with Gasteiger partial charge in [0, 0.05) is 37.9 Å². The Morgan fingerprint density at radius 2 is 1.89 bits per heavy atom. The van der Waals surface area contributed by atoms with Crippen LogP contribution in [0.3, 0.4) is 0 Å². The van der Waals surface area contributed by atoms with E-state index in [0.717, 1.165) is 50.0 Å². The molecule has 2 unspecified atom stereocenters. The third-order valence-electron chi connectivity index (χ3n) is 5.94. The SMILES string of the molecule is CCc1cc(N2CCC(CCN3CC(C)OC(C)C3)CC2)n2ncnc2n1. The zero-order chi connectivity index (χ0) is 18.8. The molecule has 2 aliphatic heterocycles. The van der Waals surface area contributed by atoms with Crippen molar-refractivity contribution >= 4 is 11.6 Å². The van der Waals surface area contributed by atoms with E-state index in [4.69, 9.17) is 4.74 Å². The molecule has 2 aromatic heterocycles. The van der Waals surface area contributed by atoms with Crippen LogP contribution in [0.15, 0.2) is 12.4 Å². The van der Waals surface area contributed by atoms with E-state index in [1.807, 2.05) is 4.52 Å². The Kier molecular flexibility index (Phi) is 5.59. The number of piperidine rings is 1. The molecule has 0 bridgehead atoms. The van der Waals surface area contributed by atoms with Crippen molar-refractivity contribution in [2.75, 3.05) is 37.6 Å². The first-order valence-corrected chi connectivity index (χ1v) is 10.4. The summed E-state index contributed by atoms with van der Waals surface area (Å²) in [6.45, 7) is 12.0. The van der Waals surface area contributed by atoms with Crippen LogP contribution in [-0.4, -0.2) is 69.4 Å². The lowest BCUT2D eigenvalue weighted by molar-refractivity contribution is -0.0690. The zero-order valence-electron chi connectivity index (χ0n) is 16.8. The first-order chi connectivity index (χ1) is 13.1. The summed E-state index contributed by atoms with van der Waals surface area (Å²) in [6.07, 6.45) is 7.03. The topological polar surface area (TPSA) is 58.8 Å². The summed E-state index contributed by atoms with van der Waals surface area (Å²) in [6, 6.07) is 2.18. The molecule has 7 nitrogen and oxygen atoms in total. The van der Waals surface area contributed by atoms with E-state index in [1.165, 1.54) is 25.8 Å². The van der Waals surface area contributed by atoms with Gasteiger partial charge >= 0.3 is 0 Å². The van der Waals surface area contributed by atoms with Gasteiger partial charge in [0.1, 0.15) is 12.1 Å². The minimum absolute atomic E-state index is 0.361. The van der Waals surface area contributed by atoms with E-state index < -0.39 is 0 Å². The molecule has 2 aliphatic rings. The fourth-order valence-corrected chi connectivity index (χ4v) is 4.53. The van der Waals surface area contributed by atoms with Crippen LogP contribution in [0, 0.1) is 5.92 Å². The summed E-state index contributed by atoms with van der Waals surface area (Å²) < 4.78 is 7.74. The van der Waals surface area contributed by atoms with E-state index in [9.17, 15) is 0 Å². The van der Waals surface area contributed by atoms with Gasteiger partial charge in [0.2, 0.25) is 0 Å². The van der Waals surface area contributed by atoms with Gasteiger partial charge < -0.3 is 9.64 Å². The smallest absolute Gasteiger partial charge is 0.254 e. The van der Waals surface area contributed by atoms with Crippen molar-refractivity contribution < 1.29 is 4.74 Å². The van der Waals surface area contributed by atoms with Crippen LogP contribution in [0.5, 0.6) is 0 Å². The molecule has 7 heteroatoms. The van der Waals surface area contributed by atoms with Crippen molar-refractivity contribution in [3.05, 3.63) is 18.1 Å². The Hall–Kier alpha value is -1.73. The van der Waals surface area contributed by atoms with Crippen molar-refractivity contribution in [1.82, 2.24) is 24.5 Å². The number of anilines is 1. The highest BCUT2D eigenvalue weighted by Crippen LogP contribution is 2.26. The number of fused-ring (bicyclic) bond motifs is 1. The third-order valence-corrected chi connectivity index (χ3v) is 5.94. The average molecular weight is 373 g/mol. The molecular weight excluding hydrogens is 340 g/mol. The summed E-state index contributed by atoms with van der Waals surface area (Å²) in [4.78, 5) is 13.9. The lowest BCUT2D eigenvalue weighted by atomic mass is 9.93. The molecule has 2 fully saturated rings. The van der Waals surface area contributed by atoms with Crippen molar-refractivity contribution in [3.8, 4) is 0 Å². The molecular formula is C20H32N6O. The molecule has 0 aliphatic carbocycles. The van der Waals surface area contributed by atoms with E-state index in [1.54, 1.807) is 6.33 Å². The summed E-state index contributed by atoms with van der Waals surface area (Å²) >= 11 is 0. The van der Waals surface area contributed by atoms with E-state index >= 15 is 0 Å². The van der Waals surface area contributed by atoms with Gasteiger partial charge in [-0.05, 0) is 52.0 Å². The van der Waals surface area contributed by atoms with Gasteiger partial charge in [0.05, 0.1) is 12.2 Å². The maximum atomic E-state index is 5.85. The van der Waals surface area contributed by atoms with Crippen LogP contribution < -0.4 is 4.90 Å². The minimum atomic E-state index is 0.361. The highest BCUT2D eigenvalue weighted by Gasteiger charge is 2.25. The fraction of sp³-hybridized carbons (Fsp3) is 0.750. The Morgan fingerprint density at radius 3 is 2.59 bits per heavy atom. The van der Waals surface area contributed by atoms with Crippen LogP contribution in [0.4, 0.5) is 5.82 Å². The zero-order valence-corrected chi connectivity index (χ0v) is 16.8. The molecule has 0 N–H and O–H groups in total. The van der Waals surface area contributed by atoms with Crippen LogP contribution in [0.25, 0.3) is 5.78 Å². The van der Waals surface area contributed by atoms with Crippen LogP contribution in [-0.2, 0) is 11.2 Å². The molecule has 27 heavy (non-hydrogen) atoms. The molecule has 4 rings (SSSR count). The number of aryl methyl sites for hydroxylation is 1. The molecule has 2 aromatic rings. The number of rotatable bonds is 5. The highest BCUT2D eigenvalue weighted by atomic mass is 16.5. The molecule has 0 radical (unpaired) electrons. The monoisotopic (exact) mass is 372 g/mol. The number of aromatic nitrogens is 4. The van der Waals surface area contributed by atoms with Gasteiger partial charge in [-0.2, -0.15) is 14.6 Å². The molecule has 148 valence electrons. The summed E-state index contributed by atoms with van der Waals surface area (Å²) in [5.41, 5.74) is 1.09. The third kappa shape index (κ3) is 4.24. The fourth-order valence-electron chi connectivity index (χ4n) is 4.53. The van der Waals surface area contributed by atoms with Gasteiger partial charge in [-0.25, -0.2) is 4.98 Å². The molecule has 4 heterocycles. The van der Waals surface area contributed by atoms with Crippen LogP contribution in [0.1, 0.15) is 45.7 Å². The molecule has 0 aromatic carbocycles. The molecule has 0 saturated carbocycles. The summed E-state index contributed by atoms with van der Waals surface area (Å²) in [5, 5.41) is 4.38. The second-order valence-electron chi connectivity index (χ2n) is 8.17. The van der Waals surface area contributed by atoms with Gasteiger partial charge in [0.25, 0.3) is 5.78 Å². The van der Waals surface area contributed by atoms with Gasteiger partial charge in [-0.3, -0.25) is 4.90 Å². The molecule has 2 atom stereocenters. The minimum Gasteiger partial charge on any atom is -0.373 e. The lowest BCUT2D eigenvalue weighted by Gasteiger charge is -2.37. The lowest BCUT2D eigenvalue weighted by Crippen LogP contribution is -2.46. The van der Waals surface area contributed by atoms with E-state index in [0.29, 0.717) is 18.0 Å². The summed E-state index contributed by atoms with van der Waals surface area (Å²) in [7, 11) is 0. The predicted molar refractivity (Wildman–Crippen MR) is 106 cm³/mol. The van der Waals surface area contributed by atoms with Crippen LogP contribution in [0.2, 0.25) is 0 Å². The Labute approximate surface area is 161 Å². The Bertz CT molecular complexity index is 744. The second-order valence-corrected chi connectivity index (χ2v) is 8.17. The summed E-state index contributed by atoms with van der Waals surface area (Å²) in [5.74, 6) is 2.67. The van der Waals surface area contributed by atoms with Crippen molar-refractivity contribution in [3.63, 3.8) is 0 Å². The van der Waals surface area contributed by atoms with Crippen molar-refractivity contribution in [2.24, 2.45) is 5.92 Å². The number of morpholine rings is 1. The highest BCUT2D eigenvalue weighted by molar-refractivity contribution is 5.47. The molecule has 0 spiro atoms. The first-order valence-electron chi connectivity index (χ1n) is 10.4.